The van der Waals surface area contributed by atoms with Gasteiger partial charge < -0.3 is 4.42 Å². The lowest BCUT2D eigenvalue weighted by Gasteiger charge is -2.10. The molecule has 0 N–H and O–H groups in total. The smallest absolute Gasteiger partial charge is 0.277 e. The highest BCUT2D eigenvalue weighted by Gasteiger charge is 2.22. The molecule has 0 aliphatic heterocycles. The van der Waals surface area contributed by atoms with Crippen molar-refractivity contribution in [1.29, 1.82) is 0 Å². The fourth-order valence-electron chi connectivity index (χ4n) is 0.777. The Morgan fingerprint density at radius 3 is 2.85 bits per heavy atom. The minimum atomic E-state index is -3.53. The van der Waals surface area contributed by atoms with Crippen molar-refractivity contribution in [2.75, 3.05) is 13.6 Å². The van der Waals surface area contributed by atoms with E-state index in [2.05, 4.69) is 5.92 Å². The van der Waals surface area contributed by atoms with Crippen molar-refractivity contribution >= 4 is 10.0 Å². The molecule has 5 heteroatoms. The van der Waals surface area contributed by atoms with Gasteiger partial charge in [-0.05, 0) is 12.1 Å². The van der Waals surface area contributed by atoms with E-state index in [4.69, 9.17) is 10.8 Å². The van der Waals surface area contributed by atoms with E-state index in [1.165, 1.54) is 25.4 Å². The molecule has 13 heavy (non-hydrogen) atoms. The Kier molecular flexibility index (Phi) is 2.76. The van der Waals surface area contributed by atoms with E-state index < -0.39 is 10.0 Å². The molecule has 1 aromatic heterocycles. The first-order chi connectivity index (χ1) is 6.09. The molecule has 70 valence electrons. The van der Waals surface area contributed by atoms with Crippen LogP contribution in [0.15, 0.2) is 27.9 Å². The van der Waals surface area contributed by atoms with Gasteiger partial charge in [0.25, 0.3) is 10.0 Å². The molecule has 1 heterocycles. The first-order valence-electron chi connectivity index (χ1n) is 3.52. The van der Waals surface area contributed by atoms with E-state index in [9.17, 15) is 8.42 Å². The summed E-state index contributed by atoms with van der Waals surface area (Å²) in [5.41, 5.74) is 0. The molecular formula is C8H9NO3S. The summed E-state index contributed by atoms with van der Waals surface area (Å²) in [6.45, 7) is 0.0308. The van der Waals surface area contributed by atoms with Crippen LogP contribution in [0.2, 0.25) is 0 Å². The summed E-state index contributed by atoms with van der Waals surface area (Å²) in [7, 11) is -2.13. The Labute approximate surface area is 77.2 Å². The van der Waals surface area contributed by atoms with Crippen molar-refractivity contribution in [3.8, 4) is 12.3 Å². The second kappa shape index (κ2) is 3.64. The molecule has 0 aliphatic carbocycles. The lowest BCUT2D eigenvalue weighted by molar-refractivity contribution is 0.421. The average Bonchev–Trinajstić information content (AvgIpc) is 2.56. The molecule has 0 saturated heterocycles. The molecule has 0 saturated carbocycles. The highest BCUT2D eigenvalue weighted by Crippen LogP contribution is 2.13. The quantitative estimate of drug-likeness (QED) is 0.667. The maximum Gasteiger partial charge on any atom is 0.277 e. The number of hydrogen-bond acceptors (Lipinski definition) is 3. The Morgan fingerprint density at radius 1 is 1.69 bits per heavy atom. The summed E-state index contributed by atoms with van der Waals surface area (Å²) < 4.78 is 28.9. The van der Waals surface area contributed by atoms with Gasteiger partial charge in [0.15, 0.2) is 0 Å². The van der Waals surface area contributed by atoms with Crippen molar-refractivity contribution in [2.24, 2.45) is 0 Å². The molecule has 0 fully saturated rings. The monoisotopic (exact) mass is 199 g/mol. The fraction of sp³-hybridized carbons (Fsp3) is 0.250. The topological polar surface area (TPSA) is 50.5 Å². The third-order valence-electron chi connectivity index (χ3n) is 1.47. The summed E-state index contributed by atoms with van der Waals surface area (Å²) in [6, 6.07) is 2.89. The van der Waals surface area contributed by atoms with Gasteiger partial charge in [-0.2, -0.15) is 4.31 Å². The van der Waals surface area contributed by atoms with Gasteiger partial charge in [0.2, 0.25) is 5.09 Å². The summed E-state index contributed by atoms with van der Waals surface area (Å²) >= 11 is 0. The van der Waals surface area contributed by atoms with Crippen molar-refractivity contribution in [2.45, 2.75) is 5.09 Å². The molecule has 1 rings (SSSR count). The number of nitrogens with zero attached hydrogens (tertiary/aromatic N) is 1. The second-order valence-corrected chi connectivity index (χ2v) is 4.37. The molecule has 0 aromatic carbocycles. The van der Waals surface area contributed by atoms with Crippen molar-refractivity contribution in [3.63, 3.8) is 0 Å². The Morgan fingerprint density at radius 2 is 2.38 bits per heavy atom. The van der Waals surface area contributed by atoms with E-state index >= 15 is 0 Å². The molecule has 0 spiro atoms. The zero-order chi connectivity index (χ0) is 9.90. The first-order valence-corrected chi connectivity index (χ1v) is 4.96. The van der Waals surface area contributed by atoms with Gasteiger partial charge in [0, 0.05) is 7.05 Å². The number of hydrogen-bond donors (Lipinski definition) is 0. The normalized spacial score (nSPS) is 11.5. The van der Waals surface area contributed by atoms with E-state index in [-0.39, 0.29) is 11.6 Å². The predicted octanol–water partition coefficient (Wildman–Crippen LogP) is 0.533. The molecular weight excluding hydrogens is 190 g/mol. The van der Waals surface area contributed by atoms with Crippen LogP contribution in [0.4, 0.5) is 0 Å². The van der Waals surface area contributed by atoms with Gasteiger partial charge in [-0.1, -0.05) is 5.92 Å². The van der Waals surface area contributed by atoms with Crippen LogP contribution in [0.3, 0.4) is 0 Å². The minimum Gasteiger partial charge on any atom is -0.452 e. The number of rotatable bonds is 3. The van der Waals surface area contributed by atoms with Crippen LogP contribution >= 0.6 is 0 Å². The van der Waals surface area contributed by atoms with Crippen LogP contribution in [0.5, 0.6) is 0 Å². The molecule has 4 nitrogen and oxygen atoms in total. The van der Waals surface area contributed by atoms with Crippen LogP contribution in [-0.4, -0.2) is 26.3 Å². The zero-order valence-electron chi connectivity index (χ0n) is 7.10. The number of terminal acetylenes is 1. The largest absolute Gasteiger partial charge is 0.452 e. The second-order valence-electron chi connectivity index (χ2n) is 2.40. The first kappa shape index (κ1) is 9.84. The Hall–Kier alpha value is -1.25. The van der Waals surface area contributed by atoms with Crippen LogP contribution in [0, 0.1) is 12.3 Å². The van der Waals surface area contributed by atoms with Gasteiger partial charge in [0.05, 0.1) is 12.8 Å². The summed E-state index contributed by atoms with van der Waals surface area (Å²) in [6.07, 6.45) is 6.29. The highest BCUT2D eigenvalue weighted by atomic mass is 32.2. The van der Waals surface area contributed by atoms with E-state index in [1.807, 2.05) is 0 Å². The van der Waals surface area contributed by atoms with Gasteiger partial charge in [-0.15, -0.1) is 6.42 Å². The summed E-state index contributed by atoms with van der Waals surface area (Å²) in [5, 5.41) is -0.0924. The molecule has 0 aliphatic rings. The van der Waals surface area contributed by atoms with Gasteiger partial charge in [-0.3, -0.25) is 0 Å². The van der Waals surface area contributed by atoms with E-state index in [1.54, 1.807) is 0 Å². The molecule has 0 bridgehead atoms. The van der Waals surface area contributed by atoms with Gasteiger partial charge >= 0.3 is 0 Å². The Balaban J connectivity index is 2.98. The molecule has 0 amide bonds. The Bertz CT molecular complexity index is 399. The van der Waals surface area contributed by atoms with Crippen molar-refractivity contribution in [3.05, 3.63) is 18.4 Å². The van der Waals surface area contributed by atoms with Crippen LogP contribution in [0.25, 0.3) is 0 Å². The van der Waals surface area contributed by atoms with E-state index in [0.717, 1.165) is 4.31 Å². The van der Waals surface area contributed by atoms with Gasteiger partial charge in [-0.25, -0.2) is 8.42 Å². The van der Waals surface area contributed by atoms with Crippen LogP contribution in [0.1, 0.15) is 0 Å². The van der Waals surface area contributed by atoms with Crippen molar-refractivity contribution < 1.29 is 12.8 Å². The highest BCUT2D eigenvalue weighted by molar-refractivity contribution is 7.89. The SMILES string of the molecule is C#CCN(C)S(=O)(=O)c1ccco1. The minimum absolute atomic E-state index is 0.0308. The molecule has 1 aromatic rings. The van der Waals surface area contributed by atoms with Crippen molar-refractivity contribution in [1.82, 2.24) is 4.31 Å². The van der Waals surface area contributed by atoms with Gasteiger partial charge in [0.1, 0.15) is 0 Å². The maximum absolute atomic E-state index is 11.5. The predicted molar refractivity (Wildman–Crippen MR) is 47.4 cm³/mol. The third kappa shape index (κ3) is 1.91. The van der Waals surface area contributed by atoms with E-state index in [0.29, 0.717) is 0 Å². The number of furan rings is 1. The van der Waals surface area contributed by atoms with Crippen LogP contribution < -0.4 is 0 Å². The molecule has 0 radical (unpaired) electrons. The standard InChI is InChI=1S/C8H9NO3S/c1-3-6-9(2)13(10,11)8-5-4-7-12-8/h1,4-5,7H,6H2,2H3. The lowest BCUT2D eigenvalue weighted by Crippen LogP contribution is -2.26. The lowest BCUT2D eigenvalue weighted by atomic mass is 10.7. The fourth-order valence-corrected chi connectivity index (χ4v) is 1.76. The number of sulfonamides is 1. The summed E-state index contributed by atoms with van der Waals surface area (Å²) in [4.78, 5) is 0. The maximum atomic E-state index is 11.5. The third-order valence-corrected chi connectivity index (χ3v) is 3.16. The molecule has 0 atom stereocenters. The average molecular weight is 199 g/mol. The zero-order valence-corrected chi connectivity index (χ0v) is 7.91. The van der Waals surface area contributed by atoms with Crippen LogP contribution in [-0.2, 0) is 10.0 Å². The summed E-state index contributed by atoms with van der Waals surface area (Å²) in [5.74, 6) is 2.24. The molecule has 0 unspecified atom stereocenters.